The van der Waals surface area contributed by atoms with E-state index in [0.29, 0.717) is 25.9 Å². The van der Waals surface area contributed by atoms with Gasteiger partial charge in [-0.25, -0.2) is 0 Å². The fraction of sp³-hybridized carbons (Fsp3) is 0.474. The zero-order valence-electron chi connectivity index (χ0n) is 15.1. The van der Waals surface area contributed by atoms with Gasteiger partial charge < -0.3 is 20.3 Å². The Morgan fingerprint density at radius 1 is 1.15 bits per heavy atom. The van der Waals surface area contributed by atoms with Gasteiger partial charge in [0.1, 0.15) is 12.7 Å². The van der Waals surface area contributed by atoms with Crippen molar-refractivity contribution in [2.45, 2.75) is 44.4 Å². The Bertz CT molecular complexity index is 735. The van der Waals surface area contributed by atoms with Crippen LogP contribution in [0.25, 0.3) is 0 Å². The smallest absolute Gasteiger partial charge is 0.223 e. The fourth-order valence-corrected chi connectivity index (χ4v) is 3.35. The van der Waals surface area contributed by atoms with Crippen LogP contribution in [0.2, 0.25) is 0 Å². The van der Waals surface area contributed by atoms with E-state index in [0.717, 1.165) is 6.42 Å². The summed E-state index contributed by atoms with van der Waals surface area (Å²) in [5, 5.41) is 23.3. The van der Waals surface area contributed by atoms with Crippen molar-refractivity contribution in [3.8, 4) is 0 Å². The molecule has 1 aromatic carbocycles. The van der Waals surface area contributed by atoms with Gasteiger partial charge in [-0.1, -0.05) is 30.3 Å². The number of hydrogen-bond acceptors (Lipinski definition) is 5. The number of carbonyl (C=O) groups excluding carboxylic acids is 2. The highest BCUT2D eigenvalue weighted by atomic mass is 16.3. The Hall–Kier alpha value is -2.74. The van der Waals surface area contributed by atoms with Gasteiger partial charge in [0, 0.05) is 25.4 Å². The van der Waals surface area contributed by atoms with Gasteiger partial charge >= 0.3 is 0 Å². The molecular formula is C19H25N5O3. The molecule has 1 fully saturated rings. The van der Waals surface area contributed by atoms with Gasteiger partial charge in [0.25, 0.3) is 0 Å². The molecule has 2 amide bonds. The van der Waals surface area contributed by atoms with Gasteiger partial charge in [0.2, 0.25) is 11.8 Å². The van der Waals surface area contributed by atoms with Crippen molar-refractivity contribution < 1.29 is 14.7 Å². The van der Waals surface area contributed by atoms with Crippen molar-refractivity contribution in [1.29, 1.82) is 0 Å². The van der Waals surface area contributed by atoms with Crippen LogP contribution in [0.1, 0.15) is 24.8 Å². The molecule has 1 saturated carbocycles. The number of aromatic nitrogens is 3. The number of carbonyl (C=O) groups is 2. The summed E-state index contributed by atoms with van der Waals surface area (Å²) >= 11 is 0. The molecule has 3 N–H and O–H groups in total. The zero-order valence-corrected chi connectivity index (χ0v) is 15.1. The summed E-state index contributed by atoms with van der Waals surface area (Å²) in [4.78, 5) is 24.4. The summed E-state index contributed by atoms with van der Waals surface area (Å²) in [7, 11) is 0. The van der Waals surface area contributed by atoms with Crippen molar-refractivity contribution in [2.24, 2.45) is 5.92 Å². The highest BCUT2D eigenvalue weighted by Gasteiger charge is 2.37. The van der Waals surface area contributed by atoms with Crippen LogP contribution in [-0.2, 0) is 22.6 Å². The Labute approximate surface area is 158 Å². The first-order valence-corrected chi connectivity index (χ1v) is 9.23. The second kappa shape index (κ2) is 9.27. The topological polar surface area (TPSA) is 109 Å². The molecule has 27 heavy (non-hydrogen) atoms. The van der Waals surface area contributed by atoms with Gasteiger partial charge in [0.15, 0.2) is 0 Å². The Morgan fingerprint density at radius 2 is 1.89 bits per heavy atom. The van der Waals surface area contributed by atoms with Gasteiger partial charge in [-0.15, -0.1) is 10.2 Å². The SMILES string of the molecule is O=C(CCn1cnnc1)N[C@@H]1C[C@H](C(=O)NCCc2ccccc2)C[C@H]1O. The Morgan fingerprint density at radius 3 is 2.63 bits per heavy atom. The number of rotatable bonds is 8. The summed E-state index contributed by atoms with van der Waals surface area (Å²) in [5.74, 6) is -0.497. The van der Waals surface area contributed by atoms with Crippen molar-refractivity contribution in [2.75, 3.05) is 6.54 Å². The largest absolute Gasteiger partial charge is 0.391 e. The third-order valence-electron chi connectivity index (χ3n) is 4.87. The molecule has 1 heterocycles. The summed E-state index contributed by atoms with van der Waals surface area (Å²) in [5.41, 5.74) is 1.17. The van der Waals surface area contributed by atoms with E-state index < -0.39 is 6.10 Å². The minimum atomic E-state index is -0.700. The van der Waals surface area contributed by atoms with Crippen LogP contribution in [0.4, 0.5) is 0 Å². The lowest BCUT2D eigenvalue weighted by Gasteiger charge is -2.16. The van der Waals surface area contributed by atoms with Crippen LogP contribution < -0.4 is 10.6 Å². The number of nitrogens with one attached hydrogen (secondary N) is 2. The molecule has 3 atom stereocenters. The van der Waals surface area contributed by atoms with E-state index in [4.69, 9.17) is 0 Å². The average Bonchev–Trinajstić information content (AvgIpc) is 3.31. The number of aliphatic hydroxyl groups excluding tert-OH is 1. The second-order valence-electron chi connectivity index (χ2n) is 6.89. The molecule has 1 aliphatic carbocycles. The third kappa shape index (κ3) is 5.62. The quantitative estimate of drug-likeness (QED) is 0.618. The van der Waals surface area contributed by atoms with Crippen molar-refractivity contribution >= 4 is 11.8 Å². The first-order chi connectivity index (χ1) is 13.1. The lowest BCUT2D eigenvalue weighted by atomic mass is 10.1. The normalized spacial score (nSPS) is 21.7. The van der Waals surface area contributed by atoms with Crippen LogP contribution >= 0.6 is 0 Å². The third-order valence-corrected chi connectivity index (χ3v) is 4.87. The molecule has 0 aliphatic heterocycles. The number of aliphatic hydroxyl groups is 1. The monoisotopic (exact) mass is 371 g/mol. The zero-order chi connectivity index (χ0) is 19.1. The summed E-state index contributed by atoms with van der Waals surface area (Å²) in [6, 6.07) is 9.57. The molecule has 144 valence electrons. The van der Waals surface area contributed by atoms with E-state index in [-0.39, 0.29) is 30.2 Å². The van der Waals surface area contributed by atoms with Gasteiger partial charge in [-0.05, 0) is 24.8 Å². The lowest BCUT2D eigenvalue weighted by Crippen LogP contribution is -2.40. The molecule has 8 nitrogen and oxygen atoms in total. The summed E-state index contributed by atoms with van der Waals surface area (Å²) in [6.45, 7) is 1.04. The lowest BCUT2D eigenvalue weighted by molar-refractivity contribution is -0.125. The van der Waals surface area contributed by atoms with E-state index in [2.05, 4.69) is 20.8 Å². The molecule has 0 radical (unpaired) electrons. The van der Waals surface area contributed by atoms with Gasteiger partial charge in [-0.3, -0.25) is 9.59 Å². The maximum atomic E-state index is 12.3. The molecule has 0 unspecified atom stereocenters. The van der Waals surface area contributed by atoms with E-state index in [1.165, 1.54) is 5.56 Å². The minimum Gasteiger partial charge on any atom is -0.391 e. The van der Waals surface area contributed by atoms with E-state index >= 15 is 0 Å². The molecular weight excluding hydrogens is 346 g/mol. The van der Waals surface area contributed by atoms with Gasteiger partial charge in [0.05, 0.1) is 12.1 Å². The number of amides is 2. The first kappa shape index (κ1) is 19.0. The van der Waals surface area contributed by atoms with Crippen molar-refractivity contribution in [1.82, 2.24) is 25.4 Å². The van der Waals surface area contributed by atoms with Gasteiger partial charge in [-0.2, -0.15) is 0 Å². The van der Waals surface area contributed by atoms with Crippen LogP contribution in [0.5, 0.6) is 0 Å². The van der Waals surface area contributed by atoms with E-state index in [1.54, 1.807) is 17.2 Å². The number of hydrogen-bond donors (Lipinski definition) is 3. The van der Waals surface area contributed by atoms with Crippen LogP contribution in [-0.4, -0.2) is 50.4 Å². The van der Waals surface area contributed by atoms with Crippen LogP contribution in [0, 0.1) is 5.92 Å². The van der Waals surface area contributed by atoms with Crippen molar-refractivity contribution in [3.05, 3.63) is 48.5 Å². The fourth-order valence-electron chi connectivity index (χ4n) is 3.35. The summed E-state index contributed by atoms with van der Waals surface area (Å²) < 4.78 is 1.72. The predicted octanol–water partition coefficient (Wildman–Crippen LogP) is 0.283. The maximum absolute atomic E-state index is 12.3. The highest BCUT2D eigenvalue weighted by Crippen LogP contribution is 2.26. The van der Waals surface area contributed by atoms with Crippen LogP contribution in [0.15, 0.2) is 43.0 Å². The number of aryl methyl sites for hydroxylation is 1. The first-order valence-electron chi connectivity index (χ1n) is 9.23. The molecule has 3 rings (SSSR count). The Kier molecular flexibility index (Phi) is 6.54. The standard InChI is InChI=1S/C19H25N5O3/c25-17-11-15(19(27)20-8-6-14-4-2-1-3-5-14)10-16(17)23-18(26)7-9-24-12-21-22-13-24/h1-5,12-13,15-17,25H,6-11H2,(H,20,27)(H,23,26)/t15-,16+,17+/m0/s1. The molecule has 1 aliphatic rings. The number of benzene rings is 1. The van der Waals surface area contributed by atoms with Crippen molar-refractivity contribution in [3.63, 3.8) is 0 Å². The molecule has 2 aromatic rings. The van der Waals surface area contributed by atoms with E-state index in [9.17, 15) is 14.7 Å². The van der Waals surface area contributed by atoms with Crippen LogP contribution in [0.3, 0.4) is 0 Å². The molecule has 1 aromatic heterocycles. The molecule has 0 saturated heterocycles. The summed E-state index contributed by atoms with van der Waals surface area (Å²) in [6.07, 6.45) is 4.26. The Balaban J connectivity index is 1.39. The number of nitrogens with zero attached hydrogens (tertiary/aromatic N) is 3. The minimum absolute atomic E-state index is 0.0637. The average molecular weight is 371 g/mol. The molecule has 0 bridgehead atoms. The molecule has 8 heteroatoms. The maximum Gasteiger partial charge on any atom is 0.223 e. The predicted molar refractivity (Wildman–Crippen MR) is 98.5 cm³/mol. The highest BCUT2D eigenvalue weighted by molar-refractivity contribution is 5.80. The van der Waals surface area contributed by atoms with E-state index in [1.807, 2.05) is 30.3 Å². The molecule has 0 spiro atoms. The second-order valence-corrected chi connectivity index (χ2v) is 6.89.